The number of rotatable bonds is 4. The first-order valence-corrected chi connectivity index (χ1v) is 7.81. The quantitative estimate of drug-likeness (QED) is 0.595. The Hall–Kier alpha value is -1.71. The van der Waals surface area contributed by atoms with Crippen LogP contribution in [0.25, 0.3) is 0 Å². The summed E-state index contributed by atoms with van der Waals surface area (Å²) in [6.07, 6.45) is 0. The first-order valence-electron chi connectivity index (χ1n) is 6.37. The smallest absolute Gasteiger partial charge is 0.312 e. The zero-order valence-electron chi connectivity index (χ0n) is 11.9. The van der Waals surface area contributed by atoms with Gasteiger partial charge in [0.1, 0.15) is 0 Å². The van der Waals surface area contributed by atoms with E-state index in [1.165, 1.54) is 23.5 Å². The molecule has 0 aliphatic carbocycles. The van der Waals surface area contributed by atoms with Crippen molar-refractivity contribution in [3.8, 4) is 5.75 Å². The predicted molar refractivity (Wildman–Crippen MR) is 75.9 cm³/mol. The molecule has 9 heteroatoms. The molecule has 0 N–H and O–H groups in total. The van der Waals surface area contributed by atoms with Gasteiger partial charge in [-0.15, -0.1) is 0 Å². The van der Waals surface area contributed by atoms with Crippen molar-refractivity contribution in [1.82, 2.24) is 9.21 Å². The lowest BCUT2D eigenvalue weighted by Crippen LogP contribution is -2.47. The maximum Gasteiger partial charge on any atom is 0.312 e. The van der Waals surface area contributed by atoms with E-state index in [2.05, 4.69) is 0 Å². The number of benzene rings is 1. The molecular weight excluding hydrogens is 298 g/mol. The lowest BCUT2D eigenvalue weighted by molar-refractivity contribution is -0.386. The molecule has 0 spiro atoms. The largest absolute Gasteiger partial charge is 0.490 e. The summed E-state index contributed by atoms with van der Waals surface area (Å²) in [4.78, 5) is 12.3. The molecule has 8 nitrogen and oxygen atoms in total. The van der Waals surface area contributed by atoms with Gasteiger partial charge in [0.25, 0.3) is 0 Å². The third-order valence-electron chi connectivity index (χ3n) is 3.45. The highest BCUT2D eigenvalue weighted by Gasteiger charge is 2.29. The number of hydrogen-bond acceptors (Lipinski definition) is 6. The second-order valence-corrected chi connectivity index (χ2v) is 6.74. The molecule has 0 radical (unpaired) electrons. The van der Waals surface area contributed by atoms with E-state index in [1.54, 1.807) is 0 Å². The Balaban J connectivity index is 2.36. The third kappa shape index (κ3) is 3.14. The molecule has 1 fully saturated rings. The van der Waals surface area contributed by atoms with E-state index < -0.39 is 14.9 Å². The van der Waals surface area contributed by atoms with Crippen molar-refractivity contribution in [2.45, 2.75) is 4.90 Å². The molecule has 0 amide bonds. The van der Waals surface area contributed by atoms with Crippen LogP contribution in [0.4, 0.5) is 5.69 Å². The van der Waals surface area contributed by atoms with Crippen LogP contribution in [0.3, 0.4) is 0 Å². The highest BCUT2D eigenvalue weighted by atomic mass is 32.2. The number of nitro groups is 1. The van der Waals surface area contributed by atoms with Crippen molar-refractivity contribution < 1.29 is 18.1 Å². The van der Waals surface area contributed by atoms with Gasteiger partial charge in [0, 0.05) is 32.2 Å². The number of piperazine rings is 1. The molecule has 0 aromatic heterocycles. The Morgan fingerprint density at radius 2 is 1.86 bits per heavy atom. The molecule has 2 rings (SSSR count). The maximum absolute atomic E-state index is 12.5. The van der Waals surface area contributed by atoms with Crippen LogP contribution in [0, 0.1) is 10.1 Å². The van der Waals surface area contributed by atoms with Crippen LogP contribution in [-0.4, -0.2) is 62.9 Å². The first kappa shape index (κ1) is 15.7. The summed E-state index contributed by atoms with van der Waals surface area (Å²) >= 11 is 0. The molecule has 0 atom stereocenters. The van der Waals surface area contributed by atoms with Crippen LogP contribution in [0.5, 0.6) is 5.75 Å². The monoisotopic (exact) mass is 315 g/mol. The van der Waals surface area contributed by atoms with Crippen molar-refractivity contribution in [2.75, 3.05) is 40.3 Å². The van der Waals surface area contributed by atoms with E-state index in [0.717, 1.165) is 6.07 Å². The summed E-state index contributed by atoms with van der Waals surface area (Å²) in [6, 6.07) is 3.69. The van der Waals surface area contributed by atoms with Gasteiger partial charge >= 0.3 is 5.69 Å². The molecule has 1 aliphatic heterocycles. The zero-order valence-corrected chi connectivity index (χ0v) is 12.7. The molecule has 0 saturated carbocycles. The van der Waals surface area contributed by atoms with Gasteiger partial charge in [0.2, 0.25) is 10.0 Å². The highest BCUT2D eigenvalue weighted by molar-refractivity contribution is 7.89. The van der Waals surface area contributed by atoms with E-state index in [1.807, 2.05) is 11.9 Å². The van der Waals surface area contributed by atoms with Gasteiger partial charge in [-0.25, -0.2) is 8.42 Å². The van der Waals surface area contributed by atoms with Crippen LogP contribution in [0.15, 0.2) is 23.1 Å². The van der Waals surface area contributed by atoms with Crippen molar-refractivity contribution in [1.29, 1.82) is 0 Å². The van der Waals surface area contributed by atoms with Crippen molar-refractivity contribution in [3.05, 3.63) is 28.3 Å². The summed E-state index contributed by atoms with van der Waals surface area (Å²) in [5, 5.41) is 11.0. The fourth-order valence-electron chi connectivity index (χ4n) is 2.15. The molecule has 1 heterocycles. The van der Waals surface area contributed by atoms with Crippen LogP contribution in [0.1, 0.15) is 0 Å². The third-order valence-corrected chi connectivity index (χ3v) is 5.34. The van der Waals surface area contributed by atoms with Crippen LogP contribution in [0.2, 0.25) is 0 Å². The molecule has 1 aromatic carbocycles. The lowest BCUT2D eigenvalue weighted by atomic mass is 10.3. The Kier molecular flexibility index (Phi) is 4.45. The standard InChI is InChI=1S/C12H17N3O5S/c1-13-5-7-14(8-6-13)21(18,19)10-3-4-12(20-2)11(9-10)15(16)17/h3-4,9H,5-8H2,1-2H3. The maximum atomic E-state index is 12.5. The normalized spacial score (nSPS) is 17.6. The van der Waals surface area contributed by atoms with Gasteiger partial charge < -0.3 is 9.64 Å². The number of likely N-dealkylation sites (N-methyl/N-ethyl adjacent to an activating group) is 1. The number of ether oxygens (including phenoxy) is 1. The second-order valence-electron chi connectivity index (χ2n) is 4.80. The fourth-order valence-corrected chi connectivity index (χ4v) is 3.59. The average Bonchev–Trinajstić information content (AvgIpc) is 2.46. The number of methoxy groups -OCH3 is 1. The SMILES string of the molecule is COc1ccc(S(=O)(=O)N2CCN(C)CC2)cc1[N+](=O)[O-]. The first-order chi connectivity index (χ1) is 9.86. The van der Waals surface area contributed by atoms with Gasteiger partial charge in [0.15, 0.2) is 5.75 Å². The lowest BCUT2D eigenvalue weighted by Gasteiger charge is -2.31. The van der Waals surface area contributed by atoms with E-state index in [-0.39, 0.29) is 16.3 Å². The zero-order chi connectivity index (χ0) is 15.6. The number of nitro benzene ring substituents is 1. The van der Waals surface area contributed by atoms with E-state index in [0.29, 0.717) is 26.2 Å². The van der Waals surface area contributed by atoms with E-state index in [9.17, 15) is 18.5 Å². The molecule has 21 heavy (non-hydrogen) atoms. The van der Waals surface area contributed by atoms with Crippen LogP contribution in [-0.2, 0) is 10.0 Å². The van der Waals surface area contributed by atoms with Crippen molar-refractivity contribution >= 4 is 15.7 Å². The summed E-state index contributed by atoms with van der Waals surface area (Å²) < 4.78 is 31.2. The second kappa shape index (κ2) is 5.96. The van der Waals surface area contributed by atoms with Gasteiger partial charge in [-0.05, 0) is 19.2 Å². The molecule has 1 saturated heterocycles. The molecule has 1 aromatic rings. The number of nitrogens with zero attached hydrogens (tertiary/aromatic N) is 3. The molecule has 0 unspecified atom stereocenters. The Morgan fingerprint density at radius 1 is 1.24 bits per heavy atom. The topological polar surface area (TPSA) is 93.0 Å². The fraction of sp³-hybridized carbons (Fsp3) is 0.500. The van der Waals surface area contributed by atoms with Crippen LogP contribution < -0.4 is 4.74 Å². The summed E-state index contributed by atoms with van der Waals surface area (Å²) in [7, 11) is -0.498. The summed E-state index contributed by atoms with van der Waals surface area (Å²) in [5.41, 5.74) is -0.354. The molecule has 0 bridgehead atoms. The summed E-state index contributed by atoms with van der Waals surface area (Å²) in [5.74, 6) is 0.0392. The van der Waals surface area contributed by atoms with Gasteiger partial charge in [0.05, 0.1) is 16.9 Å². The van der Waals surface area contributed by atoms with Crippen LogP contribution >= 0.6 is 0 Å². The highest BCUT2D eigenvalue weighted by Crippen LogP contribution is 2.30. The molecule has 1 aliphatic rings. The minimum absolute atomic E-state index is 0.0392. The number of sulfonamides is 1. The Labute approximate surface area is 123 Å². The minimum atomic E-state index is -3.72. The molecular formula is C12H17N3O5S. The van der Waals surface area contributed by atoms with Crippen molar-refractivity contribution in [2.24, 2.45) is 0 Å². The Bertz CT molecular complexity index is 638. The van der Waals surface area contributed by atoms with E-state index >= 15 is 0 Å². The van der Waals surface area contributed by atoms with E-state index in [4.69, 9.17) is 4.74 Å². The van der Waals surface area contributed by atoms with Crippen molar-refractivity contribution in [3.63, 3.8) is 0 Å². The average molecular weight is 315 g/mol. The minimum Gasteiger partial charge on any atom is -0.490 e. The predicted octanol–water partition coefficient (Wildman–Crippen LogP) is 0.540. The number of hydrogen-bond donors (Lipinski definition) is 0. The van der Waals surface area contributed by atoms with Gasteiger partial charge in [-0.1, -0.05) is 0 Å². The van der Waals surface area contributed by atoms with Gasteiger partial charge in [-0.2, -0.15) is 4.31 Å². The molecule has 116 valence electrons. The van der Waals surface area contributed by atoms with Gasteiger partial charge in [-0.3, -0.25) is 10.1 Å². The Morgan fingerprint density at radius 3 is 2.38 bits per heavy atom. The summed E-state index contributed by atoms with van der Waals surface area (Å²) in [6.45, 7) is 2.02.